The van der Waals surface area contributed by atoms with Gasteiger partial charge in [0.05, 0.1) is 0 Å². The second-order valence-electron chi connectivity index (χ2n) is 6.43. The van der Waals surface area contributed by atoms with Gasteiger partial charge < -0.3 is 11.1 Å². The predicted octanol–water partition coefficient (Wildman–Crippen LogP) is 2.93. The summed E-state index contributed by atoms with van der Waals surface area (Å²) in [6.07, 6.45) is 3.07. The average Bonchev–Trinajstić information content (AvgIpc) is 2.51. The first-order valence-corrected chi connectivity index (χ1v) is 7.97. The highest BCUT2D eigenvalue weighted by Gasteiger charge is 2.26. The largest absolute Gasteiger partial charge is 0.368 e. The fourth-order valence-electron chi connectivity index (χ4n) is 2.48. The van der Waals surface area contributed by atoms with Crippen molar-refractivity contribution >= 4 is 22.6 Å². The lowest BCUT2D eigenvalue weighted by molar-refractivity contribution is -0.130. The lowest BCUT2D eigenvalue weighted by Gasteiger charge is -2.22. The van der Waals surface area contributed by atoms with Crippen molar-refractivity contribution in [1.29, 1.82) is 0 Å². The zero-order valence-electron chi connectivity index (χ0n) is 13.8. The Balaban J connectivity index is 1.78. The molecule has 4 nitrogen and oxygen atoms in total. The van der Waals surface area contributed by atoms with Crippen molar-refractivity contribution in [2.45, 2.75) is 45.1 Å². The second-order valence-corrected chi connectivity index (χ2v) is 6.43. The molecule has 0 saturated heterocycles. The molecule has 2 rings (SSSR count). The molecule has 0 spiro atoms. The Kier molecular flexibility index (Phi) is 5.37. The van der Waals surface area contributed by atoms with Crippen molar-refractivity contribution < 1.29 is 9.59 Å². The summed E-state index contributed by atoms with van der Waals surface area (Å²) in [6, 6.07) is 14.8. The molecule has 2 aromatic rings. The molecule has 0 heterocycles. The molecule has 4 heteroatoms. The van der Waals surface area contributed by atoms with Crippen LogP contribution in [-0.2, 0) is 16.0 Å². The summed E-state index contributed by atoms with van der Waals surface area (Å²) in [5, 5.41) is 5.15. The number of nitrogens with one attached hydrogen (secondary N) is 1. The van der Waals surface area contributed by atoms with Gasteiger partial charge in [0.2, 0.25) is 11.8 Å². The van der Waals surface area contributed by atoms with E-state index in [-0.39, 0.29) is 5.91 Å². The van der Waals surface area contributed by atoms with Crippen molar-refractivity contribution in [3.63, 3.8) is 0 Å². The van der Waals surface area contributed by atoms with Crippen molar-refractivity contribution in [3.8, 4) is 0 Å². The zero-order chi connectivity index (χ0) is 16.9. The van der Waals surface area contributed by atoms with Gasteiger partial charge in [0.15, 0.2) is 0 Å². The number of unbranched alkanes of at least 4 members (excludes halogenated alkanes) is 1. The Morgan fingerprint density at radius 2 is 1.74 bits per heavy atom. The summed E-state index contributed by atoms with van der Waals surface area (Å²) >= 11 is 0. The van der Waals surface area contributed by atoms with Crippen molar-refractivity contribution in [3.05, 3.63) is 48.0 Å². The van der Waals surface area contributed by atoms with Gasteiger partial charge in [-0.3, -0.25) is 9.59 Å². The molecule has 0 atom stereocenters. The van der Waals surface area contributed by atoms with E-state index in [0.29, 0.717) is 6.42 Å². The fourth-order valence-corrected chi connectivity index (χ4v) is 2.48. The number of nitrogens with two attached hydrogens (primary N) is 1. The smallest absolute Gasteiger partial charge is 0.242 e. The van der Waals surface area contributed by atoms with E-state index in [4.69, 9.17) is 5.73 Å². The van der Waals surface area contributed by atoms with E-state index in [1.165, 1.54) is 16.3 Å². The number of fused-ring (bicyclic) bond motifs is 1. The fraction of sp³-hybridized carbons (Fsp3) is 0.368. The Bertz CT molecular complexity index is 707. The number of carbonyl (C=O) groups excluding carboxylic acids is 2. The van der Waals surface area contributed by atoms with Crippen LogP contribution < -0.4 is 11.1 Å². The van der Waals surface area contributed by atoms with Gasteiger partial charge in [0, 0.05) is 6.42 Å². The highest BCUT2D eigenvalue weighted by molar-refractivity contribution is 5.89. The minimum absolute atomic E-state index is 0.132. The first-order valence-electron chi connectivity index (χ1n) is 7.97. The SMILES string of the molecule is CC(C)(NC(=O)CCCCc1ccc2ccccc2c1)C(N)=O. The molecule has 122 valence electrons. The van der Waals surface area contributed by atoms with Gasteiger partial charge in [-0.1, -0.05) is 42.5 Å². The van der Waals surface area contributed by atoms with Crippen LogP contribution in [0.25, 0.3) is 10.8 Å². The molecule has 0 bridgehead atoms. The highest BCUT2D eigenvalue weighted by Crippen LogP contribution is 2.17. The van der Waals surface area contributed by atoms with Crippen LogP contribution in [-0.4, -0.2) is 17.4 Å². The summed E-state index contributed by atoms with van der Waals surface area (Å²) in [6.45, 7) is 3.23. The van der Waals surface area contributed by atoms with Crippen LogP contribution in [0.5, 0.6) is 0 Å². The molecular formula is C19H24N2O2. The normalized spacial score (nSPS) is 11.4. The van der Waals surface area contributed by atoms with Crippen LogP contribution in [0.4, 0.5) is 0 Å². The van der Waals surface area contributed by atoms with Gasteiger partial charge in [0.25, 0.3) is 0 Å². The van der Waals surface area contributed by atoms with Crippen LogP contribution in [0.15, 0.2) is 42.5 Å². The van der Waals surface area contributed by atoms with Gasteiger partial charge in [-0.05, 0) is 49.4 Å². The molecule has 3 N–H and O–H groups in total. The predicted molar refractivity (Wildman–Crippen MR) is 92.9 cm³/mol. The Morgan fingerprint density at radius 3 is 2.43 bits per heavy atom. The third kappa shape index (κ3) is 4.81. The Hall–Kier alpha value is -2.36. The van der Waals surface area contributed by atoms with E-state index in [1.807, 2.05) is 12.1 Å². The maximum absolute atomic E-state index is 11.8. The molecule has 0 fully saturated rings. The molecule has 0 aromatic heterocycles. The highest BCUT2D eigenvalue weighted by atomic mass is 16.2. The molecule has 0 unspecified atom stereocenters. The number of carbonyl (C=O) groups is 2. The molecule has 0 aliphatic heterocycles. The lowest BCUT2D eigenvalue weighted by Crippen LogP contribution is -2.52. The van der Waals surface area contributed by atoms with Crippen LogP contribution in [0.3, 0.4) is 0 Å². The molecule has 2 amide bonds. The number of amides is 2. The monoisotopic (exact) mass is 312 g/mol. The van der Waals surface area contributed by atoms with E-state index in [9.17, 15) is 9.59 Å². The number of hydrogen-bond acceptors (Lipinski definition) is 2. The van der Waals surface area contributed by atoms with Gasteiger partial charge in [-0.25, -0.2) is 0 Å². The minimum atomic E-state index is -0.991. The van der Waals surface area contributed by atoms with Gasteiger partial charge in [0.1, 0.15) is 5.54 Å². The average molecular weight is 312 g/mol. The second kappa shape index (κ2) is 7.27. The van der Waals surface area contributed by atoms with E-state index in [2.05, 4.69) is 35.6 Å². The summed E-state index contributed by atoms with van der Waals surface area (Å²) < 4.78 is 0. The number of benzene rings is 2. The van der Waals surface area contributed by atoms with E-state index in [1.54, 1.807) is 13.8 Å². The van der Waals surface area contributed by atoms with E-state index >= 15 is 0 Å². The third-order valence-corrected chi connectivity index (χ3v) is 4.00. The molecule has 0 saturated carbocycles. The van der Waals surface area contributed by atoms with Crippen molar-refractivity contribution in [2.75, 3.05) is 0 Å². The topological polar surface area (TPSA) is 72.2 Å². The zero-order valence-corrected chi connectivity index (χ0v) is 13.8. The van der Waals surface area contributed by atoms with Crippen LogP contribution in [0, 0.1) is 0 Å². The van der Waals surface area contributed by atoms with E-state index < -0.39 is 11.4 Å². The van der Waals surface area contributed by atoms with Gasteiger partial charge >= 0.3 is 0 Å². The molecular weight excluding hydrogens is 288 g/mol. The first kappa shape index (κ1) is 17.0. The van der Waals surface area contributed by atoms with Gasteiger partial charge in [-0.2, -0.15) is 0 Å². The summed E-state index contributed by atoms with van der Waals surface area (Å²) in [7, 11) is 0. The number of aryl methyl sites for hydroxylation is 1. The molecule has 2 aromatic carbocycles. The Labute approximate surface area is 137 Å². The first-order chi connectivity index (χ1) is 10.9. The summed E-state index contributed by atoms with van der Waals surface area (Å²) in [5.41, 5.74) is 5.53. The molecule has 0 aliphatic carbocycles. The number of hydrogen-bond donors (Lipinski definition) is 2. The molecule has 0 aliphatic rings. The quantitative estimate of drug-likeness (QED) is 0.772. The number of rotatable bonds is 7. The van der Waals surface area contributed by atoms with Gasteiger partial charge in [-0.15, -0.1) is 0 Å². The maximum atomic E-state index is 11.8. The van der Waals surface area contributed by atoms with Crippen molar-refractivity contribution in [1.82, 2.24) is 5.32 Å². The molecule has 23 heavy (non-hydrogen) atoms. The summed E-state index contributed by atoms with van der Waals surface area (Å²) in [5.74, 6) is -0.658. The van der Waals surface area contributed by atoms with Crippen LogP contribution >= 0.6 is 0 Å². The Morgan fingerprint density at radius 1 is 1.04 bits per heavy atom. The minimum Gasteiger partial charge on any atom is -0.368 e. The molecule has 0 radical (unpaired) electrons. The van der Waals surface area contributed by atoms with Crippen LogP contribution in [0.1, 0.15) is 38.7 Å². The van der Waals surface area contributed by atoms with E-state index in [0.717, 1.165) is 19.3 Å². The third-order valence-electron chi connectivity index (χ3n) is 4.00. The lowest BCUT2D eigenvalue weighted by atomic mass is 10.0. The van der Waals surface area contributed by atoms with Crippen LogP contribution in [0.2, 0.25) is 0 Å². The van der Waals surface area contributed by atoms with Crippen molar-refractivity contribution in [2.24, 2.45) is 5.73 Å². The number of primary amides is 1. The maximum Gasteiger partial charge on any atom is 0.242 e. The summed E-state index contributed by atoms with van der Waals surface area (Å²) in [4.78, 5) is 23.0. The standard InChI is InChI=1S/C19H24N2O2/c1-19(2,18(20)23)21-17(22)10-6-3-7-14-11-12-15-8-4-5-9-16(15)13-14/h4-5,8-9,11-13H,3,6-7,10H2,1-2H3,(H2,20,23)(H,21,22).